The van der Waals surface area contributed by atoms with Crippen LogP contribution in [0.5, 0.6) is 5.75 Å². The van der Waals surface area contributed by atoms with Crippen molar-refractivity contribution in [3.05, 3.63) is 65.2 Å². The fourth-order valence-electron chi connectivity index (χ4n) is 2.37. The summed E-state index contributed by atoms with van der Waals surface area (Å²) in [7, 11) is 0. The zero-order chi connectivity index (χ0) is 21.7. The fraction of sp³-hybridized carbons (Fsp3) is 0.368. The molecule has 0 bridgehead atoms. The van der Waals surface area contributed by atoms with Crippen molar-refractivity contribution >= 4 is 0 Å². The molecule has 2 rings (SSSR count). The van der Waals surface area contributed by atoms with Crippen LogP contribution in [-0.4, -0.2) is 25.3 Å². The van der Waals surface area contributed by atoms with Gasteiger partial charge in [-0.1, -0.05) is 30.3 Å². The summed E-state index contributed by atoms with van der Waals surface area (Å²) in [6.45, 7) is -1.27. The first-order chi connectivity index (χ1) is 13.4. The average Bonchev–Trinajstić information content (AvgIpc) is 2.63. The van der Waals surface area contributed by atoms with Gasteiger partial charge < -0.3 is 10.1 Å². The lowest BCUT2D eigenvalue weighted by Crippen LogP contribution is -2.41. The Morgan fingerprint density at radius 3 is 2.10 bits per heavy atom. The third-order valence-corrected chi connectivity index (χ3v) is 3.91. The Morgan fingerprint density at radius 1 is 0.793 bits per heavy atom. The lowest BCUT2D eigenvalue weighted by Gasteiger charge is -2.20. The number of benzene rings is 2. The van der Waals surface area contributed by atoms with E-state index in [0.717, 1.165) is 12.1 Å². The second-order valence-electron chi connectivity index (χ2n) is 6.26. The molecule has 0 aliphatic heterocycles. The number of rotatable bonds is 8. The molecule has 2 aromatic carbocycles. The highest BCUT2D eigenvalue weighted by Gasteiger charge is 2.58. The van der Waals surface area contributed by atoms with E-state index in [2.05, 4.69) is 10.1 Å². The molecule has 160 valence electrons. The van der Waals surface area contributed by atoms with E-state index in [4.69, 9.17) is 0 Å². The molecule has 0 atom stereocenters. The molecular weight excluding hydrogens is 410 g/mol. The van der Waals surface area contributed by atoms with Crippen LogP contribution in [0.3, 0.4) is 0 Å². The Balaban J connectivity index is 1.84. The molecule has 0 unspecified atom stereocenters. The van der Waals surface area contributed by atoms with Gasteiger partial charge in [0.1, 0.15) is 5.75 Å². The summed E-state index contributed by atoms with van der Waals surface area (Å²) in [6, 6.07) is 10.5. The first kappa shape index (κ1) is 22.9. The number of hydrogen-bond donors (Lipinski definition) is 1. The number of nitrogens with one attached hydrogen (secondary N) is 1. The van der Waals surface area contributed by atoms with E-state index in [0.29, 0.717) is 24.1 Å². The van der Waals surface area contributed by atoms with Gasteiger partial charge in [0.15, 0.2) is 6.61 Å². The smallest absolute Gasteiger partial charge is 0.456 e. The molecule has 10 heteroatoms. The molecule has 29 heavy (non-hydrogen) atoms. The Hall–Kier alpha value is -2.36. The number of halogens is 8. The van der Waals surface area contributed by atoms with Gasteiger partial charge in [-0.3, -0.25) is 0 Å². The third kappa shape index (κ3) is 6.88. The first-order valence-corrected chi connectivity index (χ1v) is 8.42. The van der Waals surface area contributed by atoms with Gasteiger partial charge in [-0.25, -0.2) is 0 Å². The van der Waals surface area contributed by atoms with Crippen LogP contribution in [0.1, 0.15) is 16.7 Å². The van der Waals surface area contributed by atoms with Crippen LogP contribution in [0, 0.1) is 0 Å². The minimum absolute atomic E-state index is 0.147. The van der Waals surface area contributed by atoms with Crippen molar-refractivity contribution in [2.24, 2.45) is 0 Å². The summed E-state index contributed by atoms with van der Waals surface area (Å²) in [5.41, 5.74) is 0.302. The van der Waals surface area contributed by atoms with Crippen molar-refractivity contribution in [3.63, 3.8) is 0 Å². The minimum Gasteiger partial charge on any atom is -0.487 e. The van der Waals surface area contributed by atoms with Gasteiger partial charge in [0.2, 0.25) is 0 Å². The van der Waals surface area contributed by atoms with E-state index < -0.39 is 30.4 Å². The zero-order valence-electron chi connectivity index (χ0n) is 14.9. The third-order valence-electron chi connectivity index (χ3n) is 3.91. The lowest BCUT2D eigenvalue weighted by molar-refractivity contribution is -0.290. The van der Waals surface area contributed by atoms with Gasteiger partial charge in [0.25, 0.3) is 0 Å². The summed E-state index contributed by atoms with van der Waals surface area (Å²) >= 11 is 0. The Kier molecular flexibility index (Phi) is 7.10. The Labute approximate surface area is 161 Å². The molecule has 0 aromatic heterocycles. The zero-order valence-corrected chi connectivity index (χ0v) is 14.9. The van der Waals surface area contributed by atoms with Crippen molar-refractivity contribution < 1.29 is 39.9 Å². The molecule has 0 saturated heterocycles. The number of alkyl halides is 8. The van der Waals surface area contributed by atoms with Gasteiger partial charge in [0.05, 0.1) is 5.56 Å². The largest absolute Gasteiger partial charge is 0.487 e. The van der Waals surface area contributed by atoms with Crippen LogP contribution < -0.4 is 10.1 Å². The second kappa shape index (κ2) is 8.98. The van der Waals surface area contributed by atoms with Crippen molar-refractivity contribution in [1.29, 1.82) is 0 Å². The van der Waals surface area contributed by atoms with Crippen molar-refractivity contribution in [3.8, 4) is 5.75 Å². The fourth-order valence-corrected chi connectivity index (χ4v) is 2.37. The lowest BCUT2D eigenvalue weighted by atomic mass is 10.1. The Bertz CT molecular complexity index is 801. The molecule has 2 aromatic rings. The van der Waals surface area contributed by atoms with E-state index in [1.165, 1.54) is 24.3 Å². The molecule has 0 aliphatic carbocycles. The van der Waals surface area contributed by atoms with Gasteiger partial charge in [-0.15, -0.1) is 0 Å². The van der Waals surface area contributed by atoms with Crippen molar-refractivity contribution in [2.75, 3.05) is 13.2 Å². The van der Waals surface area contributed by atoms with E-state index in [1.54, 1.807) is 12.1 Å². The quantitative estimate of drug-likeness (QED) is 0.437. The van der Waals surface area contributed by atoms with E-state index in [9.17, 15) is 35.1 Å². The molecule has 0 spiro atoms. The Morgan fingerprint density at radius 2 is 1.45 bits per heavy atom. The summed E-state index contributed by atoms with van der Waals surface area (Å²) in [4.78, 5) is 0. The maximum absolute atomic E-state index is 12.9. The van der Waals surface area contributed by atoms with Gasteiger partial charge in [0, 0.05) is 6.54 Å². The summed E-state index contributed by atoms with van der Waals surface area (Å²) in [5.74, 6) is -5.11. The first-order valence-electron chi connectivity index (χ1n) is 8.42. The van der Waals surface area contributed by atoms with E-state index >= 15 is 0 Å². The standard InChI is InChI=1S/C19H17F8NO/c20-17(21,19(25,26)27)12-29-16-6-2-4-14(10-16)11-28-8-7-13-3-1-5-15(9-13)18(22,23)24/h1-6,9-10,28H,7-8,11-12H2. The summed E-state index contributed by atoms with van der Waals surface area (Å²) < 4.78 is 105. The van der Waals surface area contributed by atoms with Crippen molar-refractivity contribution in [1.82, 2.24) is 5.32 Å². The molecule has 0 saturated carbocycles. The summed E-state index contributed by atoms with van der Waals surface area (Å²) in [6.07, 6.45) is -9.81. The predicted molar refractivity (Wildman–Crippen MR) is 89.8 cm³/mol. The van der Waals surface area contributed by atoms with Gasteiger partial charge in [-0.2, -0.15) is 35.1 Å². The SMILES string of the molecule is FC(F)(F)c1cccc(CCNCc2cccc(OCC(F)(F)C(F)(F)F)c2)c1. The maximum atomic E-state index is 12.9. The topological polar surface area (TPSA) is 21.3 Å². The van der Waals surface area contributed by atoms with Gasteiger partial charge >= 0.3 is 18.3 Å². The van der Waals surface area contributed by atoms with E-state index in [1.807, 2.05) is 0 Å². The van der Waals surface area contributed by atoms with Crippen LogP contribution in [0.15, 0.2) is 48.5 Å². The van der Waals surface area contributed by atoms with E-state index in [-0.39, 0.29) is 12.3 Å². The highest BCUT2D eigenvalue weighted by atomic mass is 19.4. The molecular formula is C19H17F8NO. The van der Waals surface area contributed by atoms with Crippen LogP contribution in [0.25, 0.3) is 0 Å². The molecule has 0 aliphatic rings. The normalized spacial score (nSPS) is 12.8. The molecule has 1 N–H and O–H groups in total. The minimum atomic E-state index is -5.70. The van der Waals surface area contributed by atoms with Crippen LogP contribution in [0.4, 0.5) is 35.1 Å². The molecule has 0 amide bonds. The molecule has 0 heterocycles. The van der Waals surface area contributed by atoms with Crippen LogP contribution in [0.2, 0.25) is 0 Å². The molecule has 2 nitrogen and oxygen atoms in total. The monoisotopic (exact) mass is 427 g/mol. The summed E-state index contributed by atoms with van der Waals surface area (Å²) in [5, 5.41) is 2.97. The van der Waals surface area contributed by atoms with Crippen molar-refractivity contribution in [2.45, 2.75) is 31.2 Å². The highest BCUT2D eigenvalue weighted by molar-refractivity contribution is 5.29. The van der Waals surface area contributed by atoms with Crippen LogP contribution in [-0.2, 0) is 19.1 Å². The second-order valence-corrected chi connectivity index (χ2v) is 6.26. The molecule has 0 fully saturated rings. The molecule has 0 radical (unpaired) electrons. The number of hydrogen-bond acceptors (Lipinski definition) is 2. The average molecular weight is 427 g/mol. The highest BCUT2D eigenvalue weighted by Crippen LogP contribution is 2.35. The predicted octanol–water partition coefficient (Wildman–Crippen LogP) is 5.61. The van der Waals surface area contributed by atoms with Gasteiger partial charge in [-0.05, 0) is 42.3 Å². The number of ether oxygens (including phenoxy) is 1. The maximum Gasteiger partial charge on any atom is 0.456 e. The van der Waals surface area contributed by atoms with Crippen LogP contribution >= 0.6 is 0 Å².